The lowest BCUT2D eigenvalue weighted by Crippen LogP contribution is -2.17. The molecule has 0 aliphatic carbocycles. The highest BCUT2D eigenvalue weighted by atomic mass is 16.3. The van der Waals surface area contributed by atoms with Gasteiger partial charge < -0.3 is 5.11 Å². The number of carbonyl (C=O) groups is 1. The van der Waals surface area contributed by atoms with Crippen molar-refractivity contribution in [2.24, 2.45) is 5.92 Å². The van der Waals surface area contributed by atoms with Crippen LogP contribution in [0.5, 0.6) is 0 Å². The van der Waals surface area contributed by atoms with E-state index in [0.29, 0.717) is 0 Å². The Hall–Kier alpha value is -0.370. The van der Waals surface area contributed by atoms with Crippen molar-refractivity contribution in [1.29, 1.82) is 0 Å². The molecule has 0 aliphatic heterocycles. The molecule has 1 atom stereocenters. The Morgan fingerprint density at radius 2 is 1.79 bits per heavy atom. The summed E-state index contributed by atoms with van der Waals surface area (Å²) < 4.78 is 0. The summed E-state index contributed by atoms with van der Waals surface area (Å²) in [4.78, 5) is 11.2. The van der Waals surface area contributed by atoms with Gasteiger partial charge in [0.25, 0.3) is 0 Å². The standard InChI is InChI=1S/C12H24O2/c1-3-5-6-7-8-9-11(4-2)12(14)10-13/h11,13H,3-10H2,1-2H3. The van der Waals surface area contributed by atoms with Gasteiger partial charge in [-0.2, -0.15) is 0 Å². The van der Waals surface area contributed by atoms with Crippen LogP contribution in [0.1, 0.15) is 58.8 Å². The second kappa shape index (κ2) is 9.20. The second-order valence-corrected chi connectivity index (χ2v) is 3.93. The first-order chi connectivity index (χ1) is 6.76. The molecule has 0 amide bonds. The second-order valence-electron chi connectivity index (χ2n) is 3.93. The minimum absolute atomic E-state index is 0.0167. The average Bonchev–Trinajstić information content (AvgIpc) is 2.22. The Balaban J connectivity index is 3.48. The molecule has 0 aliphatic rings. The fourth-order valence-corrected chi connectivity index (χ4v) is 1.72. The highest BCUT2D eigenvalue weighted by Crippen LogP contribution is 2.15. The van der Waals surface area contributed by atoms with Crippen LogP contribution < -0.4 is 0 Å². The van der Waals surface area contributed by atoms with Crippen LogP contribution in [-0.4, -0.2) is 17.5 Å². The third kappa shape index (κ3) is 6.14. The van der Waals surface area contributed by atoms with Gasteiger partial charge in [0.15, 0.2) is 5.78 Å². The Morgan fingerprint density at radius 1 is 1.14 bits per heavy atom. The Kier molecular flexibility index (Phi) is 8.95. The van der Waals surface area contributed by atoms with Crippen LogP contribution in [0.2, 0.25) is 0 Å². The molecular weight excluding hydrogens is 176 g/mol. The molecule has 0 spiro atoms. The van der Waals surface area contributed by atoms with Crippen molar-refractivity contribution in [1.82, 2.24) is 0 Å². The fourth-order valence-electron chi connectivity index (χ4n) is 1.72. The summed E-state index contributed by atoms with van der Waals surface area (Å²) in [5, 5.41) is 8.73. The smallest absolute Gasteiger partial charge is 0.161 e. The van der Waals surface area contributed by atoms with E-state index in [1.54, 1.807) is 0 Å². The normalized spacial score (nSPS) is 12.8. The minimum atomic E-state index is -0.284. The maximum atomic E-state index is 11.2. The molecule has 0 heterocycles. The number of Topliss-reactive ketones (excluding diaryl/α,β-unsaturated/α-hetero) is 1. The molecule has 0 aromatic carbocycles. The third-order valence-electron chi connectivity index (χ3n) is 2.76. The van der Waals surface area contributed by atoms with E-state index in [0.717, 1.165) is 19.3 Å². The average molecular weight is 200 g/mol. The summed E-state index contributed by atoms with van der Waals surface area (Å²) in [7, 11) is 0. The van der Waals surface area contributed by atoms with Gasteiger partial charge in [-0.3, -0.25) is 4.79 Å². The summed E-state index contributed by atoms with van der Waals surface area (Å²) in [5.41, 5.74) is 0. The molecule has 0 saturated heterocycles. The SMILES string of the molecule is CCCCCCCC(CC)C(=O)CO. The Morgan fingerprint density at radius 3 is 2.29 bits per heavy atom. The summed E-state index contributed by atoms with van der Waals surface area (Å²) in [6.07, 6.45) is 8.01. The number of carbonyl (C=O) groups excluding carboxylic acids is 1. The van der Waals surface area contributed by atoms with Gasteiger partial charge in [0, 0.05) is 5.92 Å². The lowest BCUT2D eigenvalue weighted by Gasteiger charge is -2.11. The molecule has 0 bridgehead atoms. The number of rotatable bonds is 9. The molecule has 2 nitrogen and oxygen atoms in total. The van der Waals surface area contributed by atoms with Crippen molar-refractivity contribution in [3.8, 4) is 0 Å². The van der Waals surface area contributed by atoms with E-state index in [4.69, 9.17) is 5.11 Å². The van der Waals surface area contributed by atoms with Crippen molar-refractivity contribution < 1.29 is 9.90 Å². The maximum absolute atomic E-state index is 11.2. The first-order valence-electron chi connectivity index (χ1n) is 5.89. The van der Waals surface area contributed by atoms with Gasteiger partial charge in [-0.25, -0.2) is 0 Å². The lowest BCUT2D eigenvalue weighted by molar-refractivity contribution is -0.126. The van der Waals surface area contributed by atoms with Crippen LogP contribution >= 0.6 is 0 Å². The zero-order valence-corrected chi connectivity index (χ0v) is 9.59. The number of hydrogen-bond acceptors (Lipinski definition) is 2. The van der Waals surface area contributed by atoms with Crippen LogP contribution in [0.4, 0.5) is 0 Å². The molecule has 84 valence electrons. The summed E-state index contributed by atoms with van der Waals surface area (Å²) in [6, 6.07) is 0. The van der Waals surface area contributed by atoms with Gasteiger partial charge >= 0.3 is 0 Å². The number of unbranched alkanes of at least 4 members (excludes halogenated alkanes) is 4. The molecule has 0 aromatic heterocycles. The lowest BCUT2D eigenvalue weighted by atomic mass is 9.94. The molecule has 1 N–H and O–H groups in total. The van der Waals surface area contributed by atoms with Gasteiger partial charge in [0.05, 0.1) is 0 Å². The molecular formula is C12H24O2. The van der Waals surface area contributed by atoms with E-state index in [1.165, 1.54) is 25.7 Å². The van der Waals surface area contributed by atoms with E-state index < -0.39 is 0 Å². The Bertz CT molecular complexity index is 143. The topological polar surface area (TPSA) is 37.3 Å². The van der Waals surface area contributed by atoms with Gasteiger partial charge in [0.1, 0.15) is 6.61 Å². The number of aliphatic hydroxyl groups excluding tert-OH is 1. The molecule has 1 unspecified atom stereocenters. The van der Waals surface area contributed by atoms with Crippen LogP contribution in [0.3, 0.4) is 0 Å². The quantitative estimate of drug-likeness (QED) is 0.581. The molecule has 0 radical (unpaired) electrons. The molecule has 0 saturated carbocycles. The molecule has 14 heavy (non-hydrogen) atoms. The molecule has 2 heteroatoms. The van der Waals surface area contributed by atoms with Crippen molar-refractivity contribution in [2.45, 2.75) is 58.8 Å². The zero-order chi connectivity index (χ0) is 10.8. The van der Waals surface area contributed by atoms with Gasteiger partial charge in [0.2, 0.25) is 0 Å². The fraction of sp³-hybridized carbons (Fsp3) is 0.917. The van der Waals surface area contributed by atoms with E-state index in [1.807, 2.05) is 6.92 Å². The van der Waals surface area contributed by atoms with Crippen LogP contribution in [-0.2, 0) is 4.79 Å². The van der Waals surface area contributed by atoms with Crippen LogP contribution in [0.25, 0.3) is 0 Å². The van der Waals surface area contributed by atoms with Crippen molar-refractivity contribution in [3.05, 3.63) is 0 Å². The van der Waals surface area contributed by atoms with Gasteiger partial charge in [-0.1, -0.05) is 46.0 Å². The van der Waals surface area contributed by atoms with E-state index in [9.17, 15) is 4.79 Å². The first kappa shape index (κ1) is 13.6. The summed E-state index contributed by atoms with van der Waals surface area (Å²) in [5.74, 6) is 0.115. The maximum Gasteiger partial charge on any atom is 0.161 e. The number of aliphatic hydroxyl groups is 1. The molecule has 0 fully saturated rings. The van der Waals surface area contributed by atoms with Gasteiger partial charge in [-0.15, -0.1) is 0 Å². The monoisotopic (exact) mass is 200 g/mol. The molecule has 0 aromatic rings. The van der Waals surface area contributed by atoms with Gasteiger partial charge in [-0.05, 0) is 12.8 Å². The van der Waals surface area contributed by atoms with Crippen molar-refractivity contribution >= 4 is 5.78 Å². The zero-order valence-electron chi connectivity index (χ0n) is 9.59. The molecule has 0 rings (SSSR count). The highest BCUT2D eigenvalue weighted by molar-refractivity contribution is 5.81. The largest absolute Gasteiger partial charge is 0.389 e. The predicted octanol–water partition coefficient (Wildman–Crippen LogP) is 2.93. The van der Waals surface area contributed by atoms with E-state index >= 15 is 0 Å². The van der Waals surface area contributed by atoms with Crippen LogP contribution in [0, 0.1) is 5.92 Å². The third-order valence-corrected chi connectivity index (χ3v) is 2.76. The summed E-state index contributed by atoms with van der Waals surface area (Å²) >= 11 is 0. The van der Waals surface area contributed by atoms with Crippen molar-refractivity contribution in [2.75, 3.05) is 6.61 Å². The predicted molar refractivity (Wildman–Crippen MR) is 59.2 cm³/mol. The minimum Gasteiger partial charge on any atom is -0.389 e. The van der Waals surface area contributed by atoms with E-state index in [-0.39, 0.29) is 18.3 Å². The number of hydrogen-bond donors (Lipinski definition) is 1. The van der Waals surface area contributed by atoms with E-state index in [2.05, 4.69) is 6.92 Å². The van der Waals surface area contributed by atoms with Crippen LogP contribution in [0.15, 0.2) is 0 Å². The summed E-state index contributed by atoms with van der Waals surface area (Å²) in [6.45, 7) is 3.93. The van der Waals surface area contributed by atoms with Crippen molar-refractivity contribution in [3.63, 3.8) is 0 Å². The first-order valence-corrected chi connectivity index (χ1v) is 5.89. The highest BCUT2D eigenvalue weighted by Gasteiger charge is 2.14. The Labute approximate surface area is 87.7 Å². The number of ketones is 1.